The zero-order chi connectivity index (χ0) is 41.3. The maximum Gasteiger partial charge on any atom is 0.407 e. The van der Waals surface area contributed by atoms with E-state index < -0.39 is 17.7 Å². The third kappa shape index (κ3) is 9.00. The number of ether oxygens (including phenoxy) is 2. The summed E-state index contributed by atoms with van der Waals surface area (Å²) in [5.41, 5.74) is 5.75. The number of fused-ring (bicyclic) bond motifs is 6. The highest BCUT2D eigenvalue weighted by Crippen LogP contribution is 2.36. The van der Waals surface area contributed by atoms with Crippen LogP contribution in [0.2, 0.25) is 0 Å². The number of ketones is 2. The second-order valence-electron chi connectivity index (χ2n) is 16.4. The van der Waals surface area contributed by atoms with Crippen LogP contribution in [0.1, 0.15) is 83.8 Å². The van der Waals surface area contributed by atoms with Gasteiger partial charge in [0.25, 0.3) is 5.82 Å². The van der Waals surface area contributed by atoms with Gasteiger partial charge in [-0.25, -0.2) is 14.3 Å². The van der Waals surface area contributed by atoms with Crippen molar-refractivity contribution in [2.75, 3.05) is 6.54 Å². The van der Waals surface area contributed by atoms with Gasteiger partial charge in [0.2, 0.25) is 6.73 Å². The first-order valence-electron chi connectivity index (χ1n) is 20.1. The van der Waals surface area contributed by atoms with Crippen LogP contribution < -0.4 is 9.88 Å². The third-order valence-electron chi connectivity index (χ3n) is 11.5. The Morgan fingerprint density at radius 2 is 1.37 bits per heavy atom. The molecule has 0 spiro atoms. The Labute approximate surface area is 350 Å². The van der Waals surface area contributed by atoms with E-state index in [1.165, 1.54) is 5.69 Å². The summed E-state index contributed by atoms with van der Waals surface area (Å²) in [5.74, 6) is 1.86. The monoisotopic (exact) mass is 824 g/mol. The number of rotatable bonds is 9. The number of hydrogen-bond donors (Lipinski definition) is 1. The molecular weight excluding hydrogens is 770 g/mol. The van der Waals surface area contributed by atoms with Crippen LogP contribution in [0.4, 0.5) is 4.79 Å². The molecule has 4 heterocycles. The summed E-state index contributed by atoms with van der Waals surface area (Å²) >= 11 is 0. The van der Waals surface area contributed by atoms with E-state index in [-0.39, 0.29) is 55.5 Å². The number of carbonyl (C=O) groups excluding carboxylic acids is 4. The average molecular weight is 825 g/mol. The number of benzene rings is 2. The number of hydrogen-bond acceptors (Lipinski definition) is 7. The number of carbonyl (C=O) groups is 4. The topological polar surface area (TPSA) is 135 Å². The SMILES string of the molecule is Cc1n(CC2CCc3c(c4ccccc4n3C)C2=O)cc[n+]1COC(=O)CCNC(=O)OC(C)(C)C.Cc1nccn1CC1CCc2c(c3ccccc3n2C)C1=O.Cl. The largest absolute Gasteiger partial charge is 0.444 e. The van der Waals surface area contributed by atoms with Gasteiger partial charge in [0, 0.05) is 96.7 Å². The van der Waals surface area contributed by atoms with E-state index in [2.05, 4.69) is 49.2 Å². The van der Waals surface area contributed by atoms with E-state index in [0.29, 0.717) is 6.54 Å². The highest BCUT2D eigenvalue weighted by atomic mass is 35.5. The zero-order valence-corrected chi connectivity index (χ0v) is 35.8. The van der Waals surface area contributed by atoms with Crippen molar-refractivity contribution < 1.29 is 33.2 Å². The molecule has 2 atom stereocenters. The number of amides is 1. The molecule has 0 radical (unpaired) electrons. The van der Waals surface area contributed by atoms with Crippen LogP contribution in [0.3, 0.4) is 0 Å². The predicted molar refractivity (Wildman–Crippen MR) is 227 cm³/mol. The van der Waals surface area contributed by atoms with Gasteiger partial charge >= 0.3 is 12.1 Å². The van der Waals surface area contributed by atoms with Gasteiger partial charge in [-0.15, -0.1) is 12.4 Å². The van der Waals surface area contributed by atoms with Crippen LogP contribution in [-0.4, -0.2) is 59.0 Å². The second kappa shape index (κ2) is 17.7. The summed E-state index contributed by atoms with van der Waals surface area (Å²) in [5, 5.41) is 4.67. The van der Waals surface area contributed by atoms with Crippen molar-refractivity contribution in [1.29, 1.82) is 0 Å². The van der Waals surface area contributed by atoms with E-state index in [1.807, 2.05) is 79.0 Å². The first-order valence-corrected chi connectivity index (χ1v) is 20.1. The number of nitrogens with zero attached hydrogens (tertiary/aromatic N) is 6. The molecule has 59 heavy (non-hydrogen) atoms. The number of esters is 1. The molecule has 6 aromatic rings. The minimum absolute atomic E-state index is 0. The molecule has 0 bridgehead atoms. The van der Waals surface area contributed by atoms with E-state index >= 15 is 0 Å². The summed E-state index contributed by atoms with van der Waals surface area (Å²) < 4.78 is 20.8. The van der Waals surface area contributed by atoms with Gasteiger partial charge < -0.3 is 28.5 Å². The summed E-state index contributed by atoms with van der Waals surface area (Å²) in [6.07, 6.45) is 10.5. The Morgan fingerprint density at radius 3 is 1.90 bits per heavy atom. The van der Waals surface area contributed by atoms with Crippen LogP contribution >= 0.6 is 12.4 Å². The van der Waals surface area contributed by atoms with Crippen LogP contribution in [0, 0.1) is 25.7 Å². The molecule has 1 N–H and O–H groups in total. The smallest absolute Gasteiger partial charge is 0.407 e. The maximum absolute atomic E-state index is 13.5. The van der Waals surface area contributed by atoms with Crippen molar-refractivity contribution in [2.45, 2.75) is 92.1 Å². The molecule has 0 saturated carbocycles. The number of halogens is 1. The molecule has 0 fully saturated rings. The van der Waals surface area contributed by atoms with Crippen molar-refractivity contribution in [1.82, 2.24) is 28.6 Å². The fraction of sp³-hybridized carbons (Fsp3) is 0.422. The van der Waals surface area contributed by atoms with Crippen LogP contribution in [-0.2, 0) is 61.0 Å². The number of aryl methyl sites for hydroxylation is 3. The second-order valence-corrected chi connectivity index (χ2v) is 16.4. The molecule has 2 aliphatic carbocycles. The molecular formula is C45H55ClN7O6+. The van der Waals surface area contributed by atoms with Gasteiger partial charge in [-0.2, -0.15) is 4.57 Å². The molecule has 0 aliphatic heterocycles. The lowest BCUT2D eigenvalue weighted by Crippen LogP contribution is -2.39. The summed E-state index contributed by atoms with van der Waals surface area (Å²) in [6.45, 7) is 10.8. The number of nitrogens with one attached hydrogen (secondary N) is 1. The molecule has 1 amide bonds. The fourth-order valence-corrected chi connectivity index (χ4v) is 8.41. The fourth-order valence-electron chi connectivity index (χ4n) is 8.41. The summed E-state index contributed by atoms with van der Waals surface area (Å²) in [4.78, 5) is 54.5. The van der Waals surface area contributed by atoms with Crippen molar-refractivity contribution in [3.8, 4) is 0 Å². The van der Waals surface area contributed by atoms with Crippen LogP contribution in [0.15, 0.2) is 73.3 Å². The number of aromatic nitrogens is 6. The van der Waals surface area contributed by atoms with Crippen molar-refractivity contribution in [2.24, 2.45) is 25.9 Å². The highest BCUT2D eigenvalue weighted by molar-refractivity contribution is 6.12. The molecule has 312 valence electrons. The van der Waals surface area contributed by atoms with Crippen molar-refractivity contribution in [3.63, 3.8) is 0 Å². The van der Waals surface area contributed by atoms with Crippen LogP contribution in [0.25, 0.3) is 21.8 Å². The molecule has 14 heteroatoms. The molecule has 0 saturated heterocycles. The lowest BCUT2D eigenvalue weighted by molar-refractivity contribution is -0.732. The van der Waals surface area contributed by atoms with E-state index in [4.69, 9.17) is 9.47 Å². The third-order valence-corrected chi connectivity index (χ3v) is 11.5. The van der Waals surface area contributed by atoms with Crippen molar-refractivity contribution in [3.05, 3.63) is 107 Å². The lowest BCUT2D eigenvalue weighted by atomic mass is 9.85. The normalized spacial score (nSPS) is 16.2. The zero-order valence-electron chi connectivity index (χ0n) is 35.0. The van der Waals surface area contributed by atoms with E-state index in [9.17, 15) is 19.2 Å². The first kappa shape index (κ1) is 42.9. The number of alkyl carbamates (subject to hydrolysis) is 1. The Bertz CT molecular complexity index is 2520. The van der Waals surface area contributed by atoms with Crippen molar-refractivity contribution >= 4 is 57.8 Å². The summed E-state index contributed by atoms with van der Waals surface area (Å²) in [6, 6.07) is 16.3. The molecule has 13 nitrogen and oxygen atoms in total. The number of imidazole rings is 2. The Hall–Kier alpha value is -5.69. The molecule has 2 aliphatic rings. The van der Waals surface area contributed by atoms with Gasteiger partial charge in [0.15, 0.2) is 11.6 Å². The average Bonchev–Trinajstić information content (AvgIpc) is 3.92. The predicted octanol–water partition coefficient (Wildman–Crippen LogP) is 6.99. The standard InChI is InChI=1S/C27H34N4O5.C18H19N3O.ClH/c1-18-30(14-15-31(18)17-35-23(32)12-13-28-26(34)36-27(2,3)4)16-19-10-11-22-24(25(19)33)20-8-6-7-9-21(20)29(22)5;1-12-19-9-10-21(12)11-13-7-8-16-17(18(13)22)14-5-3-4-6-15(14)20(16)2;/h6-9,14-15,19H,10-13,16-17H2,1-5H3;3-6,9-10,13H,7-8,11H2,1-2H3;1H/p+1. The minimum Gasteiger partial charge on any atom is -0.444 e. The van der Waals surface area contributed by atoms with Crippen LogP contribution in [0.5, 0.6) is 0 Å². The van der Waals surface area contributed by atoms with Gasteiger partial charge in [-0.1, -0.05) is 36.4 Å². The summed E-state index contributed by atoms with van der Waals surface area (Å²) in [7, 11) is 4.09. The minimum atomic E-state index is -0.592. The van der Waals surface area contributed by atoms with Gasteiger partial charge in [-0.3, -0.25) is 14.4 Å². The molecule has 8 rings (SSSR count). The van der Waals surface area contributed by atoms with E-state index in [1.54, 1.807) is 27.0 Å². The highest BCUT2D eigenvalue weighted by Gasteiger charge is 2.35. The molecule has 2 aromatic carbocycles. The van der Waals surface area contributed by atoms with Gasteiger partial charge in [-0.05, 0) is 65.5 Å². The quantitative estimate of drug-likeness (QED) is 0.123. The van der Waals surface area contributed by atoms with E-state index in [0.717, 1.165) is 82.5 Å². The number of para-hydroxylation sites is 2. The molecule has 2 unspecified atom stereocenters. The Balaban J connectivity index is 0.000000217. The maximum atomic E-state index is 13.5. The number of Topliss-reactive ketones (excluding diaryl/α,β-unsaturated/α-hetero) is 2. The Morgan fingerprint density at radius 1 is 0.831 bits per heavy atom. The molecule has 4 aromatic heterocycles. The van der Waals surface area contributed by atoms with Gasteiger partial charge in [0.05, 0.1) is 12.3 Å². The lowest BCUT2D eigenvalue weighted by Gasteiger charge is -2.23. The Kier molecular flexibility index (Phi) is 12.8. The van der Waals surface area contributed by atoms with Gasteiger partial charge in [0.1, 0.15) is 30.4 Å². The first-order chi connectivity index (χ1) is 27.7.